The first-order chi connectivity index (χ1) is 8.74. The third kappa shape index (κ3) is 3.45. The number of carbonyl (C=O) groups is 1. The van der Waals surface area contributed by atoms with Gasteiger partial charge in [-0.05, 0) is 19.3 Å². The van der Waals surface area contributed by atoms with Crippen LogP contribution in [0.15, 0.2) is 5.38 Å². The van der Waals surface area contributed by atoms with Gasteiger partial charge in [-0.25, -0.2) is 4.98 Å². The molecule has 0 spiro atoms. The van der Waals surface area contributed by atoms with Gasteiger partial charge in [-0.3, -0.25) is 4.79 Å². The molecule has 5 heteroatoms. The van der Waals surface area contributed by atoms with Crippen molar-refractivity contribution < 1.29 is 9.53 Å². The number of hydrogen-bond acceptors (Lipinski definition) is 5. The highest BCUT2D eigenvalue weighted by Crippen LogP contribution is 2.33. The summed E-state index contributed by atoms with van der Waals surface area (Å²) in [6, 6.07) is 0.699. The maximum absolute atomic E-state index is 11.1. The lowest BCUT2D eigenvalue weighted by Gasteiger charge is -2.20. The zero-order valence-electron chi connectivity index (χ0n) is 11.0. The molecule has 0 aliphatic heterocycles. The number of rotatable bonds is 7. The van der Waals surface area contributed by atoms with E-state index in [-0.39, 0.29) is 5.97 Å². The van der Waals surface area contributed by atoms with E-state index in [4.69, 9.17) is 0 Å². The van der Waals surface area contributed by atoms with Crippen molar-refractivity contribution >= 4 is 22.4 Å². The lowest BCUT2D eigenvalue weighted by molar-refractivity contribution is -0.140. The minimum absolute atomic E-state index is 0.169. The molecule has 0 aromatic carbocycles. The molecular weight excluding hydrogens is 248 g/mol. The number of aryl methyl sites for hydroxylation is 1. The van der Waals surface area contributed by atoms with Crippen molar-refractivity contribution in [2.24, 2.45) is 0 Å². The molecule has 2 rings (SSSR count). The molecule has 4 nitrogen and oxygen atoms in total. The molecule has 1 fully saturated rings. The molecule has 1 aliphatic carbocycles. The lowest BCUT2D eigenvalue weighted by Crippen LogP contribution is -2.26. The summed E-state index contributed by atoms with van der Waals surface area (Å²) in [5.74, 6) is -0.169. The lowest BCUT2D eigenvalue weighted by atomic mass is 10.2. The number of carbonyl (C=O) groups excluding carboxylic acids is 1. The quantitative estimate of drug-likeness (QED) is 0.713. The van der Waals surface area contributed by atoms with Gasteiger partial charge in [0.2, 0.25) is 0 Å². The zero-order chi connectivity index (χ0) is 13.0. The Morgan fingerprint density at radius 1 is 1.61 bits per heavy atom. The van der Waals surface area contributed by atoms with Gasteiger partial charge in [0.05, 0.1) is 19.2 Å². The smallest absolute Gasteiger partial charge is 0.305 e. The van der Waals surface area contributed by atoms with Crippen LogP contribution >= 0.6 is 11.3 Å². The normalized spacial score (nSPS) is 14.6. The molecule has 100 valence electrons. The number of aromatic nitrogens is 1. The Balaban J connectivity index is 1.93. The molecule has 1 heterocycles. The van der Waals surface area contributed by atoms with Gasteiger partial charge in [-0.15, -0.1) is 11.3 Å². The van der Waals surface area contributed by atoms with Gasteiger partial charge in [0.15, 0.2) is 5.13 Å². The summed E-state index contributed by atoms with van der Waals surface area (Å²) < 4.78 is 4.64. The number of hydrogen-bond donors (Lipinski definition) is 0. The highest BCUT2D eigenvalue weighted by molar-refractivity contribution is 7.13. The molecule has 1 aromatic rings. The van der Waals surface area contributed by atoms with Gasteiger partial charge in [-0.1, -0.05) is 6.92 Å². The van der Waals surface area contributed by atoms with Crippen molar-refractivity contribution in [1.29, 1.82) is 0 Å². The Morgan fingerprint density at radius 2 is 2.39 bits per heavy atom. The van der Waals surface area contributed by atoms with Crippen LogP contribution in [0.5, 0.6) is 0 Å². The standard InChI is InChI=1S/C13H20N2O2S/c1-3-8-15(11-5-6-11)13-14-10(9-18-13)4-7-12(16)17-2/h9,11H,3-8H2,1-2H3. The van der Waals surface area contributed by atoms with Crippen LogP contribution in [0.1, 0.15) is 38.3 Å². The summed E-state index contributed by atoms with van der Waals surface area (Å²) >= 11 is 1.69. The van der Waals surface area contributed by atoms with Crippen LogP contribution in [-0.4, -0.2) is 30.6 Å². The first-order valence-electron chi connectivity index (χ1n) is 6.52. The average Bonchev–Trinajstić information content (AvgIpc) is 3.11. The predicted molar refractivity (Wildman–Crippen MR) is 73.1 cm³/mol. The molecule has 18 heavy (non-hydrogen) atoms. The van der Waals surface area contributed by atoms with Crippen LogP contribution in [0.3, 0.4) is 0 Å². The summed E-state index contributed by atoms with van der Waals surface area (Å²) in [6.45, 7) is 3.27. The molecule has 0 bridgehead atoms. The number of thiazole rings is 1. The highest BCUT2D eigenvalue weighted by atomic mass is 32.1. The van der Waals surface area contributed by atoms with Gasteiger partial charge in [0, 0.05) is 24.4 Å². The Hall–Kier alpha value is -1.10. The Kier molecular flexibility index (Phi) is 4.58. The molecule has 1 aromatic heterocycles. The van der Waals surface area contributed by atoms with E-state index in [1.165, 1.54) is 20.0 Å². The van der Waals surface area contributed by atoms with E-state index >= 15 is 0 Å². The second-order valence-corrected chi connectivity index (χ2v) is 5.46. The summed E-state index contributed by atoms with van der Waals surface area (Å²) in [4.78, 5) is 18.1. The largest absolute Gasteiger partial charge is 0.469 e. The third-order valence-corrected chi connectivity index (χ3v) is 3.98. The molecule has 0 unspecified atom stereocenters. The number of ether oxygens (including phenoxy) is 1. The van der Waals surface area contributed by atoms with Crippen LogP contribution in [0, 0.1) is 0 Å². The fourth-order valence-electron chi connectivity index (χ4n) is 1.94. The molecular formula is C13H20N2O2S. The maximum Gasteiger partial charge on any atom is 0.305 e. The van der Waals surface area contributed by atoms with Crippen LogP contribution in [-0.2, 0) is 16.0 Å². The van der Waals surface area contributed by atoms with Crippen LogP contribution in [0.4, 0.5) is 5.13 Å². The SMILES string of the molecule is CCCN(c1nc(CCC(=O)OC)cs1)C1CC1. The molecule has 1 aliphatic rings. The Morgan fingerprint density at radius 3 is 3.00 bits per heavy atom. The fourth-order valence-corrected chi connectivity index (χ4v) is 2.89. The first-order valence-corrected chi connectivity index (χ1v) is 7.40. The third-order valence-electron chi connectivity index (χ3n) is 3.05. The van der Waals surface area contributed by atoms with E-state index in [0.29, 0.717) is 18.9 Å². The fraction of sp³-hybridized carbons (Fsp3) is 0.692. The number of esters is 1. The van der Waals surface area contributed by atoms with Gasteiger partial charge >= 0.3 is 5.97 Å². The van der Waals surface area contributed by atoms with Gasteiger partial charge < -0.3 is 9.64 Å². The molecule has 0 N–H and O–H groups in total. The summed E-state index contributed by atoms with van der Waals surface area (Å²) in [6.07, 6.45) is 4.81. The number of anilines is 1. The minimum Gasteiger partial charge on any atom is -0.469 e. The molecule has 0 saturated heterocycles. The van der Waals surface area contributed by atoms with Gasteiger partial charge in [0.1, 0.15) is 0 Å². The molecule has 0 amide bonds. The minimum atomic E-state index is -0.169. The van der Waals surface area contributed by atoms with E-state index in [9.17, 15) is 4.79 Å². The van der Waals surface area contributed by atoms with E-state index in [0.717, 1.165) is 23.8 Å². The molecule has 0 atom stereocenters. The van der Waals surface area contributed by atoms with E-state index in [1.54, 1.807) is 11.3 Å². The highest BCUT2D eigenvalue weighted by Gasteiger charge is 2.30. The van der Waals surface area contributed by atoms with Gasteiger partial charge in [-0.2, -0.15) is 0 Å². The topological polar surface area (TPSA) is 42.4 Å². The average molecular weight is 268 g/mol. The Bertz CT molecular complexity index is 401. The monoisotopic (exact) mass is 268 g/mol. The predicted octanol–water partition coefficient (Wildman–Crippen LogP) is 2.63. The maximum atomic E-state index is 11.1. The summed E-state index contributed by atoms with van der Waals surface area (Å²) in [5.41, 5.74) is 1.00. The van der Waals surface area contributed by atoms with Crippen molar-refractivity contribution in [3.05, 3.63) is 11.1 Å². The van der Waals surface area contributed by atoms with Crippen molar-refractivity contribution in [2.45, 2.75) is 45.1 Å². The van der Waals surface area contributed by atoms with Crippen LogP contribution in [0.2, 0.25) is 0 Å². The van der Waals surface area contributed by atoms with E-state index in [1.807, 2.05) is 0 Å². The zero-order valence-corrected chi connectivity index (χ0v) is 11.8. The summed E-state index contributed by atoms with van der Waals surface area (Å²) in [7, 11) is 1.42. The summed E-state index contributed by atoms with van der Waals surface area (Å²) in [5, 5.41) is 3.17. The second-order valence-electron chi connectivity index (χ2n) is 4.62. The second kappa shape index (κ2) is 6.18. The van der Waals surface area contributed by atoms with E-state index in [2.05, 4.69) is 26.9 Å². The number of nitrogens with zero attached hydrogens (tertiary/aromatic N) is 2. The van der Waals surface area contributed by atoms with E-state index < -0.39 is 0 Å². The van der Waals surface area contributed by atoms with Crippen LogP contribution in [0.25, 0.3) is 0 Å². The van der Waals surface area contributed by atoms with Crippen molar-refractivity contribution in [3.8, 4) is 0 Å². The number of methoxy groups -OCH3 is 1. The first kappa shape index (κ1) is 13.3. The molecule has 1 saturated carbocycles. The van der Waals surface area contributed by atoms with Crippen LogP contribution < -0.4 is 4.90 Å². The van der Waals surface area contributed by atoms with Crippen molar-refractivity contribution in [3.63, 3.8) is 0 Å². The van der Waals surface area contributed by atoms with Crippen molar-refractivity contribution in [1.82, 2.24) is 4.98 Å². The van der Waals surface area contributed by atoms with Gasteiger partial charge in [0.25, 0.3) is 0 Å². The van der Waals surface area contributed by atoms with Crippen molar-refractivity contribution in [2.75, 3.05) is 18.6 Å². The Labute approximate surface area is 112 Å². The molecule has 0 radical (unpaired) electrons.